The van der Waals surface area contributed by atoms with Gasteiger partial charge in [0.15, 0.2) is 0 Å². The lowest BCUT2D eigenvalue weighted by Gasteiger charge is -2.26. The second-order valence-corrected chi connectivity index (χ2v) is 12.7. The summed E-state index contributed by atoms with van der Waals surface area (Å²) in [6.45, 7) is 7.32. The van der Waals surface area contributed by atoms with Crippen LogP contribution in [0.3, 0.4) is 0 Å². The monoisotopic (exact) mass is 511 g/mol. The lowest BCUT2D eigenvalue weighted by molar-refractivity contribution is -0.114. The summed E-state index contributed by atoms with van der Waals surface area (Å²) in [6, 6.07) is 11.8. The molecule has 4 rings (SSSR count). The molecule has 0 spiro atoms. The van der Waals surface area contributed by atoms with Gasteiger partial charge in [0.25, 0.3) is 10.0 Å². The largest absolute Gasteiger partial charge is 0.327 e. The number of aromatic nitrogens is 2. The molecule has 0 unspecified atom stereocenters. The summed E-state index contributed by atoms with van der Waals surface area (Å²) in [6.07, 6.45) is 6.39. The van der Waals surface area contributed by atoms with Gasteiger partial charge in [0, 0.05) is 24.7 Å². The molecule has 0 saturated heterocycles. The maximum absolute atomic E-state index is 13.3. The molecule has 194 valence electrons. The van der Waals surface area contributed by atoms with Gasteiger partial charge in [0.05, 0.1) is 28.2 Å². The number of benzene rings is 2. The summed E-state index contributed by atoms with van der Waals surface area (Å²) < 4.78 is 30.3. The summed E-state index contributed by atoms with van der Waals surface area (Å²) in [5.74, 6) is 1.34. The zero-order chi connectivity index (χ0) is 26.1. The van der Waals surface area contributed by atoms with Crippen LogP contribution in [0.2, 0.25) is 0 Å². The number of nitrogens with one attached hydrogen (secondary N) is 1. The zero-order valence-corrected chi connectivity index (χ0v) is 22.4. The first-order valence-electron chi connectivity index (χ1n) is 12.6. The highest BCUT2D eigenvalue weighted by Crippen LogP contribution is 2.33. The van der Waals surface area contributed by atoms with E-state index in [0.717, 1.165) is 23.4 Å². The average molecular weight is 512 g/mol. The number of imidazole rings is 1. The maximum Gasteiger partial charge on any atom is 0.264 e. The standard InChI is InChI=1S/C27H37N5O3S/c1-27(2,3)26-30-23-16-21(12-15-24(23)32(26)18-19-8-6-5-7-9-19)31(4)36(34,35)22-13-10-20(11-14-22)29-25(33)17-28/h10-16,19H,5-9,17-18,28H2,1-4H3,(H,29,33). The van der Waals surface area contributed by atoms with Crippen molar-refractivity contribution in [2.75, 3.05) is 23.2 Å². The van der Waals surface area contributed by atoms with Gasteiger partial charge in [-0.1, -0.05) is 40.0 Å². The molecule has 3 aromatic rings. The van der Waals surface area contributed by atoms with Crippen LogP contribution in [0.5, 0.6) is 0 Å². The molecule has 1 heterocycles. The number of nitrogens with two attached hydrogens (primary N) is 1. The molecule has 1 saturated carbocycles. The number of carbonyl (C=O) groups excluding carboxylic acids is 1. The van der Waals surface area contributed by atoms with Crippen molar-refractivity contribution in [3.63, 3.8) is 0 Å². The lowest BCUT2D eigenvalue weighted by Crippen LogP contribution is -2.26. The van der Waals surface area contributed by atoms with Gasteiger partial charge in [-0.05, 0) is 61.2 Å². The van der Waals surface area contributed by atoms with Crippen LogP contribution < -0.4 is 15.4 Å². The van der Waals surface area contributed by atoms with Gasteiger partial charge in [-0.2, -0.15) is 0 Å². The first-order valence-corrected chi connectivity index (χ1v) is 14.0. The average Bonchev–Trinajstić information content (AvgIpc) is 3.22. The fraction of sp³-hybridized carbons (Fsp3) is 0.481. The van der Waals surface area contributed by atoms with Gasteiger partial charge in [0.2, 0.25) is 5.91 Å². The zero-order valence-electron chi connectivity index (χ0n) is 21.6. The summed E-state index contributed by atoms with van der Waals surface area (Å²) >= 11 is 0. The molecule has 2 aromatic carbocycles. The van der Waals surface area contributed by atoms with E-state index in [2.05, 4.69) is 30.7 Å². The van der Waals surface area contributed by atoms with Crippen molar-refractivity contribution in [2.45, 2.75) is 69.7 Å². The van der Waals surface area contributed by atoms with Crippen LogP contribution in [0.4, 0.5) is 11.4 Å². The molecule has 3 N–H and O–H groups in total. The molecule has 1 amide bonds. The quantitative estimate of drug-likeness (QED) is 0.480. The van der Waals surface area contributed by atoms with Crippen LogP contribution in [0, 0.1) is 5.92 Å². The minimum atomic E-state index is -3.80. The van der Waals surface area contributed by atoms with Crippen molar-refractivity contribution in [1.82, 2.24) is 9.55 Å². The van der Waals surface area contributed by atoms with Crippen LogP contribution in [-0.4, -0.2) is 37.5 Å². The Morgan fingerprint density at radius 3 is 2.39 bits per heavy atom. The fourth-order valence-corrected chi connectivity index (χ4v) is 6.11. The van der Waals surface area contributed by atoms with E-state index in [4.69, 9.17) is 10.7 Å². The number of rotatable bonds is 7. The predicted molar refractivity (Wildman–Crippen MR) is 145 cm³/mol. The second-order valence-electron chi connectivity index (χ2n) is 10.7. The van der Waals surface area contributed by atoms with E-state index >= 15 is 0 Å². The summed E-state index contributed by atoms with van der Waals surface area (Å²) in [7, 11) is -2.26. The number of amides is 1. The van der Waals surface area contributed by atoms with Crippen LogP contribution in [0.25, 0.3) is 11.0 Å². The first kappa shape index (κ1) is 26.2. The number of hydrogen-bond acceptors (Lipinski definition) is 5. The smallest absolute Gasteiger partial charge is 0.264 e. The van der Waals surface area contributed by atoms with E-state index < -0.39 is 10.0 Å². The number of anilines is 2. The van der Waals surface area contributed by atoms with Crippen LogP contribution >= 0.6 is 0 Å². The Hall–Kier alpha value is -2.91. The molecule has 1 aromatic heterocycles. The van der Waals surface area contributed by atoms with Crippen molar-refractivity contribution in [2.24, 2.45) is 11.7 Å². The molecular formula is C27H37N5O3S. The Morgan fingerprint density at radius 1 is 1.11 bits per heavy atom. The normalized spacial score (nSPS) is 15.2. The van der Waals surface area contributed by atoms with Crippen molar-refractivity contribution < 1.29 is 13.2 Å². The Balaban J connectivity index is 1.65. The molecule has 0 radical (unpaired) electrons. The third-order valence-corrected chi connectivity index (χ3v) is 8.71. The topological polar surface area (TPSA) is 110 Å². The first-order chi connectivity index (χ1) is 17.0. The van der Waals surface area contributed by atoms with Gasteiger partial charge < -0.3 is 15.6 Å². The van der Waals surface area contributed by atoms with E-state index in [1.165, 1.54) is 48.5 Å². The molecule has 0 bridgehead atoms. The van der Waals surface area contributed by atoms with Crippen molar-refractivity contribution in [3.8, 4) is 0 Å². The highest BCUT2D eigenvalue weighted by molar-refractivity contribution is 7.92. The molecule has 0 atom stereocenters. The SMILES string of the molecule is CN(c1ccc2c(c1)nc(C(C)(C)C)n2CC1CCCCC1)S(=O)(=O)c1ccc(NC(=O)CN)cc1. The summed E-state index contributed by atoms with van der Waals surface area (Å²) in [5.41, 5.74) is 8.07. The van der Waals surface area contributed by atoms with Gasteiger partial charge in [-0.25, -0.2) is 13.4 Å². The Labute approximate surface area is 213 Å². The molecule has 9 heteroatoms. The minimum absolute atomic E-state index is 0.132. The number of sulfonamides is 1. The van der Waals surface area contributed by atoms with Crippen molar-refractivity contribution in [3.05, 3.63) is 48.3 Å². The van der Waals surface area contributed by atoms with Gasteiger partial charge in [0.1, 0.15) is 5.82 Å². The fourth-order valence-electron chi connectivity index (χ4n) is 4.92. The lowest BCUT2D eigenvalue weighted by atomic mass is 9.88. The van der Waals surface area contributed by atoms with Crippen LogP contribution in [0.1, 0.15) is 58.7 Å². The van der Waals surface area contributed by atoms with E-state index in [9.17, 15) is 13.2 Å². The van der Waals surface area contributed by atoms with Gasteiger partial charge >= 0.3 is 0 Å². The number of fused-ring (bicyclic) bond motifs is 1. The number of nitrogens with zero attached hydrogens (tertiary/aromatic N) is 3. The Bertz CT molecular complexity index is 1330. The van der Waals surface area contributed by atoms with Crippen LogP contribution in [-0.2, 0) is 26.8 Å². The molecule has 8 nitrogen and oxygen atoms in total. The molecular weight excluding hydrogens is 474 g/mol. The number of hydrogen-bond donors (Lipinski definition) is 2. The van der Waals surface area contributed by atoms with Gasteiger partial charge in [-0.3, -0.25) is 9.10 Å². The third-order valence-electron chi connectivity index (χ3n) is 6.91. The Kier molecular flexibility index (Phi) is 7.43. The van der Waals surface area contributed by atoms with Gasteiger partial charge in [-0.15, -0.1) is 0 Å². The maximum atomic E-state index is 13.3. The minimum Gasteiger partial charge on any atom is -0.327 e. The van der Waals surface area contributed by atoms with E-state index in [1.54, 1.807) is 19.2 Å². The molecule has 1 aliphatic rings. The molecule has 36 heavy (non-hydrogen) atoms. The van der Waals surface area contributed by atoms with Crippen molar-refractivity contribution >= 4 is 38.3 Å². The second kappa shape index (κ2) is 10.2. The van der Waals surface area contributed by atoms with E-state index in [-0.39, 0.29) is 22.8 Å². The third kappa shape index (κ3) is 5.42. The molecule has 1 aliphatic carbocycles. The number of carbonyl (C=O) groups is 1. The van der Waals surface area contributed by atoms with E-state index in [1.807, 2.05) is 18.2 Å². The summed E-state index contributed by atoms with van der Waals surface area (Å²) in [5, 5.41) is 2.62. The predicted octanol–water partition coefficient (Wildman–Crippen LogP) is 4.64. The molecule has 1 fully saturated rings. The van der Waals surface area contributed by atoms with E-state index in [0.29, 0.717) is 17.3 Å². The summed E-state index contributed by atoms with van der Waals surface area (Å²) in [4.78, 5) is 16.6. The Morgan fingerprint density at radius 2 is 1.78 bits per heavy atom. The highest BCUT2D eigenvalue weighted by Gasteiger charge is 2.27. The van der Waals surface area contributed by atoms with Crippen LogP contribution in [0.15, 0.2) is 47.4 Å². The molecule has 0 aliphatic heterocycles. The van der Waals surface area contributed by atoms with Crippen molar-refractivity contribution in [1.29, 1.82) is 0 Å². The highest BCUT2D eigenvalue weighted by atomic mass is 32.2.